The summed E-state index contributed by atoms with van der Waals surface area (Å²) in [4.78, 5) is 0. The highest BCUT2D eigenvalue weighted by Crippen LogP contribution is 2.35. The molecule has 1 atom stereocenters. The van der Waals surface area contributed by atoms with Crippen LogP contribution < -0.4 is 15.2 Å². The van der Waals surface area contributed by atoms with E-state index in [0.717, 1.165) is 5.56 Å². The molecule has 15 heavy (non-hydrogen) atoms. The summed E-state index contributed by atoms with van der Waals surface area (Å²) in [6, 6.07) is 3.52. The maximum absolute atomic E-state index is 12.8. The Morgan fingerprint density at radius 3 is 2.47 bits per heavy atom. The number of nitrogens with two attached hydrogens (primary N) is 1. The first-order valence-corrected chi connectivity index (χ1v) is 4.93. The predicted octanol–water partition coefficient (Wildman–Crippen LogP) is 1.77. The molecule has 1 aromatic rings. The zero-order valence-corrected chi connectivity index (χ0v) is 8.63. The van der Waals surface area contributed by atoms with E-state index in [1.807, 2.05) is 13.0 Å². The van der Waals surface area contributed by atoms with Gasteiger partial charge in [-0.1, -0.05) is 0 Å². The molecule has 2 N–H and O–H groups in total. The maximum atomic E-state index is 12.8. The number of ether oxygens (including phenoxy) is 2. The molecule has 0 saturated heterocycles. The second-order valence-electron chi connectivity index (χ2n) is 3.79. The normalized spacial score (nSPS) is 15.4. The van der Waals surface area contributed by atoms with Crippen molar-refractivity contribution in [1.29, 1.82) is 0 Å². The van der Waals surface area contributed by atoms with Crippen LogP contribution in [-0.4, -0.2) is 12.8 Å². The van der Waals surface area contributed by atoms with Crippen molar-refractivity contribution in [2.75, 3.05) is 6.79 Å². The smallest absolute Gasteiger partial charge is 0.231 e. The van der Waals surface area contributed by atoms with Gasteiger partial charge in [-0.15, -0.1) is 0 Å². The molecule has 0 radical (unpaired) electrons. The monoisotopic (exact) mass is 211 g/mol. The summed E-state index contributed by atoms with van der Waals surface area (Å²) < 4.78 is 23.2. The molecule has 1 heterocycles. The van der Waals surface area contributed by atoms with E-state index in [9.17, 15) is 4.39 Å². The fourth-order valence-corrected chi connectivity index (χ4v) is 1.69. The number of benzene rings is 1. The number of fused-ring (bicyclic) bond motifs is 1. The van der Waals surface area contributed by atoms with E-state index in [4.69, 9.17) is 15.2 Å². The largest absolute Gasteiger partial charge is 0.454 e. The van der Waals surface area contributed by atoms with Gasteiger partial charge in [0.05, 0.1) is 0 Å². The lowest BCUT2D eigenvalue weighted by molar-refractivity contribution is 0.174. The van der Waals surface area contributed by atoms with E-state index < -0.39 is 6.67 Å². The number of hydrogen-bond donors (Lipinski definition) is 1. The van der Waals surface area contributed by atoms with Crippen molar-refractivity contribution in [2.45, 2.75) is 26.1 Å². The zero-order chi connectivity index (χ0) is 10.8. The Balaban J connectivity index is 2.35. The number of halogens is 1. The third kappa shape index (κ3) is 2.04. The lowest BCUT2D eigenvalue weighted by atomic mass is 10.0. The summed E-state index contributed by atoms with van der Waals surface area (Å²) in [5.74, 6) is 1.30. The Morgan fingerprint density at radius 2 is 1.93 bits per heavy atom. The lowest BCUT2D eigenvalue weighted by Gasteiger charge is -2.10. The van der Waals surface area contributed by atoms with Gasteiger partial charge in [-0.3, -0.25) is 0 Å². The van der Waals surface area contributed by atoms with Crippen LogP contribution >= 0.6 is 0 Å². The summed E-state index contributed by atoms with van der Waals surface area (Å²) in [6.07, 6.45) is 0.649. The van der Waals surface area contributed by atoms with Crippen LogP contribution in [0, 0.1) is 0 Å². The fourth-order valence-electron chi connectivity index (χ4n) is 1.69. The van der Waals surface area contributed by atoms with Gasteiger partial charge in [0, 0.05) is 6.04 Å². The van der Waals surface area contributed by atoms with Crippen LogP contribution in [0.2, 0.25) is 0 Å². The minimum Gasteiger partial charge on any atom is -0.454 e. The molecule has 0 fully saturated rings. The minimum atomic E-state index is -0.501. The van der Waals surface area contributed by atoms with Gasteiger partial charge in [0.2, 0.25) is 6.79 Å². The number of hydrogen-bond acceptors (Lipinski definition) is 3. The van der Waals surface area contributed by atoms with E-state index >= 15 is 0 Å². The topological polar surface area (TPSA) is 44.5 Å². The third-order valence-electron chi connectivity index (χ3n) is 2.38. The van der Waals surface area contributed by atoms with E-state index in [1.54, 1.807) is 6.07 Å². The van der Waals surface area contributed by atoms with Crippen LogP contribution in [0.5, 0.6) is 11.5 Å². The summed E-state index contributed by atoms with van der Waals surface area (Å²) in [5, 5.41) is 0. The minimum absolute atomic E-state index is 0.00988. The van der Waals surface area contributed by atoms with Crippen molar-refractivity contribution in [3.05, 3.63) is 23.3 Å². The van der Waals surface area contributed by atoms with Crippen LogP contribution in [0.15, 0.2) is 12.1 Å². The Labute approximate surface area is 88.0 Å². The standard InChI is InChI=1S/C11H14FNO2/c1-7(13)2-8-3-10-11(15-6-14-10)4-9(8)5-12/h3-4,7H,2,5-6,13H2,1H3. The molecule has 0 aliphatic carbocycles. The van der Waals surface area contributed by atoms with E-state index in [2.05, 4.69) is 0 Å². The summed E-state index contributed by atoms with van der Waals surface area (Å²) in [5.41, 5.74) is 7.23. The predicted molar refractivity (Wildman–Crippen MR) is 54.7 cm³/mol. The first-order valence-electron chi connectivity index (χ1n) is 4.93. The molecule has 1 unspecified atom stereocenters. The first-order chi connectivity index (χ1) is 7.20. The van der Waals surface area contributed by atoms with Crippen LogP contribution in [0.3, 0.4) is 0 Å². The number of rotatable bonds is 3. The summed E-state index contributed by atoms with van der Waals surface area (Å²) in [6.45, 7) is 1.61. The van der Waals surface area contributed by atoms with Gasteiger partial charge in [0.1, 0.15) is 6.67 Å². The molecule has 2 rings (SSSR count). The molecule has 0 saturated carbocycles. The molecule has 0 bridgehead atoms. The van der Waals surface area contributed by atoms with E-state index in [0.29, 0.717) is 23.5 Å². The van der Waals surface area contributed by atoms with Crippen LogP contribution in [0.25, 0.3) is 0 Å². The highest BCUT2D eigenvalue weighted by atomic mass is 19.1. The lowest BCUT2D eigenvalue weighted by Crippen LogP contribution is -2.18. The van der Waals surface area contributed by atoms with Crippen molar-refractivity contribution in [1.82, 2.24) is 0 Å². The van der Waals surface area contributed by atoms with Gasteiger partial charge in [-0.2, -0.15) is 0 Å². The molecular formula is C11H14FNO2. The average molecular weight is 211 g/mol. The van der Waals surface area contributed by atoms with Crippen molar-refractivity contribution in [3.8, 4) is 11.5 Å². The Kier molecular flexibility index (Phi) is 2.77. The van der Waals surface area contributed by atoms with Crippen molar-refractivity contribution < 1.29 is 13.9 Å². The molecule has 1 aromatic carbocycles. The van der Waals surface area contributed by atoms with E-state index in [1.165, 1.54) is 0 Å². The SMILES string of the molecule is CC(N)Cc1cc2c(cc1CF)OCO2. The molecule has 0 amide bonds. The van der Waals surface area contributed by atoms with Gasteiger partial charge in [0.15, 0.2) is 11.5 Å². The van der Waals surface area contributed by atoms with E-state index in [-0.39, 0.29) is 12.8 Å². The highest BCUT2D eigenvalue weighted by Gasteiger charge is 2.17. The fraction of sp³-hybridized carbons (Fsp3) is 0.455. The zero-order valence-electron chi connectivity index (χ0n) is 8.63. The molecule has 4 heteroatoms. The third-order valence-corrected chi connectivity index (χ3v) is 2.38. The number of alkyl halides is 1. The van der Waals surface area contributed by atoms with Crippen LogP contribution in [0.1, 0.15) is 18.1 Å². The van der Waals surface area contributed by atoms with Gasteiger partial charge >= 0.3 is 0 Å². The van der Waals surface area contributed by atoms with Gasteiger partial charge in [-0.05, 0) is 36.6 Å². The first kappa shape index (κ1) is 10.2. The highest BCUT2D eigenvalue weighted by molar-refractivity contribution is 5.48. The van der Waals surface area contributed by atoms with Crippen molar-refractivity contribution >= 4 is 0 Å². The summed E-state index contributed by atoms with van der Waals surface area (Å²) >= 11 is 0. The molecular weight excluding hydrogens is 197 g/mol. The van der Waals surface area contributed by atoms with Crippen LogP contribution in [0.4, 0.5) is 4.39 Å². The molecule has 3 nitrogen and oxygen atoms in total. The Morgan fingerprint density at radius 1 is 1.33 bits per heavy atom. The van der Waals surface area contributed by atoms with Gasteiger partial charge in [-0.25, -0.2) is 4.39 Å². The molecule has 1 aliphatic heterocycles. The molecule has 0 spiro atoms. The van der Waals surface area contributed by atoms with Crippen molar-refractivity contribution in [3.63, 3.8) is 0 Å². The van der Waals surface area contributed by atoms with Crippen LogP contribution in [-0.2, 0) is 13.1 Å². The summed E-state index contributed by atoms with van der Waals surface area (Å²) in [7, 11) is 0. The van der Waals surface area contributed by atoms with Gasteiger partial charge < -0.3 is 15.2 Å². The molecule has 82 valence electrons. The van der Waals surface area contributed by atoms with Crippen molar-refractivity contribution in [2.24, 2.45) is 5.73 Å². The quantitative estimate of drug-likeness (QED) is 0.828. The Bertz CT molecular complexity index is 366. The van der Waals surface area contributed by atoms with Gasteiger partial charge in [0.25, 0.3) is 0 Å². The second-order valence-corrected chi connectivity index (χ2v) is 3.79. The maximum Gasteiger partial charge on any atom is 0.231 e. The molecule has 1 aliphatic rings. The molecule has 0 aromatic heterocycles. The average Bonchev–Trinajstić information content (AvgIpc) is 2.62. The second kappa shape index (κ2) is 4.06. The Hall–Kier alpha value is -1.29.